The van der Waals surface area contributed by atoms with E-state index in [1.807, 2.05) is 16.8 Å². The maximum absolute atomic E-state index is 12.3. The molecule has 0 radical (unpaired) electrons. The third-order valence-electron chi connectivity index (χ3n) is 6.28. The van der Waals surface area contributed by atoms with Gasteiger partial charge in [0, 0.05) is 36.3 Å². The van der Waals surface area contributed by atoms with Gasteiger partial charge in [-0.05, 0) is 29.8 Å². The topological polar surface area (TPSA) is 126 Å². The van der Waals surface area contributed by atoms with Crippen LogP contribution in [0.15, 0.2) is 47.6 Å². The van der Waals surface area contributed by atoms with E-state index in [1.165, 1.54) is 0 Å². The Morgan fingerprint density at radius 3 is 2.66 bits per heavy atom. The molecule has 0 saturated carbocycles. The van der Waals surface area contributed by atoms with Crippen LogP contribution in [0.25, 0.3) is 10.9 Å². The fourth-order valence-corrected chi connectivity index (χ4v) is 4.74. The third-order valence-corrected chi connectivity index (χ3v) is 7.02. The van der Waals surface area contributed by atoms with Crippen LogP contribution < -0.4 is 5.32 Å². The zero-order valence-corrected chi connectivity index (χ0v) is 20.1. The van der Waals surface area contributed by atoms with Gasteiger partial charge in [0.1, 0.15) is 24.4 Å². The molecule has 35 heavy (non-hydrogen) atoms. The highest BCUT2D eigenvalue weighted by atomic mass is 35.5. The third kappa shape index (κ3) is 4.29. The van der Waals surface area contributed by atoms with Crippen LogP contribution in [0, 0.1) is 0 Å². The second-order valence-electron chi connectivity index (χ2n) is 8.48. The molecule has 0 bridgehead atoms. The molecule has 9 nitrogen and oxygen atoms in total. The number of nitrogens with zero attached hydrogens (tertiary/aromatic N) is 2. The molecule has 1 aromatic heterocycles. The van der Waals surface area contributed by atoms with Crippen molar-refractivity contribution in [2.24, 2.45) is 4.99 Å². The van der Waals surface area contributed by atoms with Gasteiger partial charge in [0.2, 0.25) is 12.2 Å². The smallest absolute Gasteiger partial charge is 0.251 e. The van der Waals surface area contributed by atoms with E-state index in [1.54, 1.807) is 37.4 Å². The first kappa shape index (κ1) is 24.1. The van der Waals surface area contributed by atoms with E-state index in [-0.39, 0.29) is 11.8 Å². The summed E-state index contributed by atoms with van der Waals surface area (Å²) in [7, 11) is 1.56. The number of hydrogen-bond acceptors (Lipinski definition) is 7. The summed E-state index contributed by atoms with van der Waals surface area (Å²) in [6, 6.07) is 9.79. The highest BCUT2D eigenvalue weighted by molar-refractivity contribution is 6.42. The lowest BCUT2D eigenvalue weighted by molar-refractivity contribution is -0.234. The molecular weight excluding hydrogens is 497 g/mol. The average Bonchev–Trinajstić information content (AvgIpc) is 3.44. The van der Waals surface area contributed by atoms with E-state index in [0.717, 1.165) is 16.5 Å². The molecular formula is C24H23Cl2N3O6. The van der Waals surface area contributed by atoms with E-state index in [0.29, 0.717) is 27.7 Å². The van der Waals surface area contributed by atoms with Crippen molar-refractivity contribution in [3.63, 3.8) is 0 Å². The van der Waals surface area contributed by atoms with Gasteiger partial charge in [0.05, 0.1) is 22.2 Å². The molecule has 1 amide bonds. The number of rotatable bonds is 5. The van der Waals surface area contributed by atoms with Crippen molar-refractivity contribution in [2.75, 3.05) is 13.7 Å². The van der Waals surface area contributed by atoms with Crippen LogP contribution in [0.4, 0.5) is 0 Å². The number of aliphatic hydroxyl groups excluding tert-OH is 3. The van der Waals surface area contributed by atoms with Gasteiger partial charge in [-0.25, -0.2) is 4.99 Å². The van der Waals surface area contributed by atoms with Gasteiger partial charge in [0.25, 0.3) is 5.91 Å². The van der Waals surface area contributed by atoms with Crippen LogP contribution in [0.2, 0.25) is 10.0 Å². The Morgan fingerprint density at radius 2 is 1.94 bits per heavy atom. The summed E-state index contributed by atoms with van der Waals surface area (Å²) in [5, 5.41) is 34.4. The first-order valence-electron chi connectivity index (χ1n) is 11.0. The van der Waals surface area contributed by atoms with Gasteiger partial charge in [0.15, 0.2) is 0 Å². The van der Waals surface area contributed by atoms with E-state index in [9.17, 15) is 20.1 Å². The molecule has 2 aliphatic rings. The largest absolute Gasteiger partial charge is 0.445 e. The van der Waals surface area contributed by atoms with Crippen molar-refractivity contribution in [1.82, 2.24) is 9.88 Å². The number of ether oxygens (including phenoxy) is 2. The minimum Gasteiger partial charge on any atom is -0.445 e. The number of halogens is 2. The summed E-state index contributed by atoms with van der Waals surface area (Å²) in [6.07, 6.45) is -2.64. The quantitative estimate of drug-likeness (QED) is 0.408. The van der Waals surface area contributed by atoms with Gasteiger partial charge in [-0.15, -0.1) is 0 Å². The molecule has 3 heterocycles. The molecule has 3 aromatic rings. The summed E-state index contributed by atoms with van der Waals surface area (Å²) in [4.78, 5) is 16.8. The molecule has 0 spiro atoms. The first-order chi connectivity index (χ1) is 16.8. The summed E-state index contributed by atoms with van der Waals surface area (Å²) in [5.41, 5.74) is 2.76. The zero-order valence-electron chi connectivity index (χ0n) is 18.6. The number of aromatic nitrogens is 1. The number of fused-ring (bicyclic) bond motifs is 2. The van der Waals surface area contributed by atoms with Gasteiger partial charge >= 0.3 is 0 Å². The van der Waals surface area contributed by atoms with Gasteiger partial charge < -0.3 is 34.7 Å². The Hall–Kier alpha value is -2.66. The minimum atomic E-state index is -1.29. The molecule has 4 N–H and O–H groups in total. The van der Waals surface area contributed by atoms with Crippen molar-refractivity contribution in [3.05, 3.63) is 69.3 Å². The fourth-order valence-electron chi connectivity index (χ4n) is 4.42. The lowest BCUT2D eigenvalue weighted by Gasteiger charge is -2.36. The number of amides is 1. The summed E-state index contributed by atoms with van der Waals surface area (Å²) in [6.45, 7) is -0.0412. The molecule has 2 aromatic carbocycles. The minimum absolute atomic E-state index is 0.225. The average molecular weight is 520 g/mol. The Morgan fingerprint density at radius 1 is 1.14 bits per heavy atom. The van der Waals surface area contributed by atoms with Crippen molar-refractivity contribution in [1.29, 1.82) is 0 Å². The lowest BCUT2D eigenvalue weighted by Crippen LogP contribution is -2.56. The van der Waals surface area contributed by atoms with Crippen molar-refractivity contribution >= 4 is 45.9 Å². The first-order valence-corrected chi connectivity index (χ1v) is 11.7. The Kier molecular flexibility index (Phi) is 6.47. The summed E-state index contributed by atoms with van der Waals surface area (Å²) >= 11 is 12.3. The Balaban J connectivity index is 1.57. The number of carbonyl (C=O) groups excluding carboxylic acids is 1. The number of nitrogens with one attached hydrogen (secondary N) is 1. The molecule has 0 aliphatic carbocycles. The summed E-state index contributed by atoms with van der Waals surface area (Å²) in [5.74, 6) is 0.00666. The zero-order chi connectivity index (χ0) is 24.9. The highest BCUT2D eigenvalue weighted by Gasteiger charge is 2.49. The molecule has 1 saturated heterocycles. The normalized spacial score (nSPS) is 25.8. The number of carbonyl (C=O) groups is 1. The van der Waals surface area contributed by atoms with Crippen LogP contribution in [0.3, 0.4) is 0 Å². The molecule has 5 atom stereocenters. The Bertz CT molecular complexity index is 1330. The van der Waals surface area contributed by atoms with Crippen molar-refractivity contribution in [3.8, 4) is 0 Å². The van der Waals surface area contributed by atoms with Crippen LogP contribution in [0.5, 0.6) is 0 Å². The number of aliphatic hydroxyl groups is 3. The van der Waals surface area contributed by atoms with E-state index in [2.05, 4.69) is 10.3 Å². The van der Waals surface area contributed by atoms with Crippen molar-refractivity contribution < 1.29 is 29.6 Å². The lowest BCUT2D eigenvalue weighted by atomic mass is 9.98. The highest BCUT2D eigenvalue weighted by Crippen LogP contribution is 2.33. The molecule has 11 heteroatoms. The number of hydrogen-bond donors (Lipinski definition) is 4. The predicted octanol–water partition coefficient (Wildman–Crippen LogP) is 1.94. The van der Waals surface area contributed by atoms with Gasteiger partial charge in [-0.1, -0.05) is 35.3 Å². The number of aliphatic imine (C=N–C) groups is 1. The second kappa shape index (κ2) is 9.42. The molecule has 184 valence electrons. The monoisotopic (exact) mass is 519 g/mol. The molecule has 0 unspecified atom stereocenters. The second-order valence-corrected chi connectivity index (χ2v) is 9.29. The predicted molar refractivity (Wildman–Crippen MR) is 130 cm³/mol. The Labute approximate surface area is 210 Å². The molecule has 5 rings (SSSR count). The van der Waals surface area contributed by atoms with Crippen LogP contribution in [0.1, 0.15) is 21.5 Å². The fraction of sp³-hybridized carbons (Fsp3) is 0.333. The van der Waals surface area contributed by atoms with Gasteiger partial charge in [-0.2, -0.15) is 0 Å². The summed E-state index contributed by atoms with van der Waals surface area (Å²) < 4.78 is 13.5. The molecule has 2 aliphatic heterocycles. The van der Waals surface area contributed by atoms with Crippen molar-refractivity contribution in [2.45, 2.75) is 37.2 Å². The maximum atomic E-state index is 12.3. The van der Waals surface area contributed by atoms with E-state index < -0.39 is 37.3 Å². The van der Waals surface area contributed by atoms with Crippen LogP contribution >= 0.6 is 23.2 Å². The number of benzene rings is 2. The SMILES string of the molecule is CNC(=O)c1ccc2c(C3=N[C@H]4[C@@H](O3)O[C@H](CO)[C@@H](O)[C@@H]4O)cn(Cc3ccc(Cl)c(Cl)c3)c2c1. The standard InChI is InChI=1S/C24H23Cl2N3O6/c1-27-22(33)12-3-4-13-14(23-28-19-21(32)20(31)18(10-30)34-24(19)35-23)9-29(17(13)7-12)8-11-2-5-15(25)16(26)6-11/h2-7,9,18-21,24,30-32H,8,10H2,1H3,(H,27,33)/t18-,19-,20-,21-,24-/m1/s1. The van der Waals surface area contributed by atoms with E-state index in [4.69, 9.17) is 32.7 Å². The van der Waals surface area contributed by atoms with Crippen LogP contribution in [-0.4, -0.2) is 76.0 Å². The van der Waals surface area contributed by atoms with E-state index >= 15 is 0 Å². The van der Waals surface area contributed by atoms with Crippen LogP contribution in [-0.2, 0) is 16.0 Å². The molecule has 1 fully saturated rings. The van der Waals surface area contributed by atoms with Gasteiger partial charge in [-0.3, -0.25) is 4.79 Å². The maximum Gasteiger partial charge on any atom is 0.251 e.